The van der Waals surface area contributed by atoms with Crippen molar-refractivity contribution in [2.24, 2.45) is 5.73 Å². The molecule has 1 amide bonds. The van der Waals surface area contributed by atoms with E-state index in [9.17, 15) is 18.0 Å². The van der Waals surface area contributed by atoms with Gasteiger partial charge in [-0.05, 0) is 19.3 Å². The largest absolute Gasteiger partial charge is 0.401 e. The average Bonchev–Trinajstić information content (AvgIpc) is 1.80. The molecule has 1 saturated carbocycles. The summed E-state index contributed by atoms with van der Waals surface area (Å²) in [6, 6.07) is 0. The fourth-order valence-corrected chi connectivity index (χ4v) is 1.31. The zero-order chi connectivity index (χ0) is 10.1. The molecule has 0 heterocycles. The Balaban J connectivity index is 2.46. The number of nitrogens with two attached hydrogens (primary N) is 1. The molecule has 0 unspecified atom stereocenters. The molecule has 0 aromatic rings. The van der Waals surface area contributed by atoms with E-state index in [1.807, 2.05) is 0 Å². The van der Waals surface area contributed by atoms with E-state index in [0.717, 1.165) is 6.42 Å². The number of carbonyl (C=O) groups is 1. The number of amides is 1. The van der Waals surface area contributed by atoms with Gasteiger partial charge in [-0.15, -0.1) is 0 Å². The third-order valence-corrected chi connectivity index (χ3v) is 2.31. The van der Waals surface area contributed by atoms with Crippen molar-refractivity contribution in [3.05, 3.63) is 0 Å². The van der Waals surface area contributed by atoms with Gasteiger partial charge >= 0.3 is 6.18 Å². The van der Waals surface area contributed by atoms with Crippen molar-refractivity contribution in [3.63, 3.8) is 0 Å². The molecule has 0 aliphatic heterocycles. The molecule has 6 heteroatoms. The number of alkyl halides is 3. The smallest absolute Gasteiger partial charge is 0.368 e. The number of halogens is 3. The van der Waals surface area contributed by atoms with E-state index in [4.69, 9.17) is 5.73 Å². The molecule has 0 atom stereocenters. The number of hydrogen-bond acceptors (Lipinski definition) is 2. The topological polar surface area (TPSA) is 55.1 Å². The lowest BCUT2D eigenvalue weighted by Gasteiger charge is -2.39. The third-order valence-electron chi connectivity index (χ3n) is 2.31. The molecule has 0 aromatic heterocycles. The highest BCUT2D eigenvalue weighted by Crippen LogP contribution is 2.32. The van der Waals surface area contributed by atoms with E-state index in [0.29, 0.717) is 12.8 Å². The second-order valence-corrected chi connectivity index (χ2v) is 3.27. The summed E-state index contributed by atoms with van der Waals surface area (Å²) in [6.45, 7) is -1.16. The highest BCUT2D eigenvalue weighted by atomic mass is 19.4. The third kappa shape index (κ3) is 2.33. The molecule has 0 saturated heterocycles. The summed E-state index contributed by atoms with van der Waals surface area (Å²) in [5.41, 5.74) is 3.89. The minimum absolute atomic E-state index is 0.401. The van der Waals surface area contributed by atoms with Gasteiger partial charge in [0.15, 0.2) is 0 Å². The normalized spacial score (nSPS) is 20.8. The van der Waals surface area contributed by atoms with Gasteiger partial charge in [-0.3, -0.25) is 10.1 Å². The van der Waals surface area contributed by atoms with Gasteiger partial charge in [0.05, 0.1) is 12.1 Å². The molecule has 1 aliphatic carbocycles. The number of carbonyl (C=O) groups excluding carboxylic acids is 1. The molecule has 0 radical (unpaired) electrons. The number of primary amides is 1. The Bertz CT molecular complexity index is 210. The van der Waals surface area contributed by atoms with Gasteiger partial charge in [-0.25, -0.2) is 0 Å². The second kappa shape index (κ2) is 3.17. The minimum atomic E-state index is -4.29. The van der Waals surface area contributed by atoms with Crippen molar-refractivity contribution < 1.29 is 18.0 Å². The molecule has 3 N–H and O–H groups in total. The van der Waals surface area contributed by atoms with E-state index in [-0.39, 0.29) is 0 Å². The van der Waals surface area contributed by atoms with Crippen LogP contribution in [0.4, 0.5) is 13.2 Å². The van der Waals surface area contributed by atoms with Gasteiger partial charge in [-0.1, -0.05) is 0 Å². The summed E-state index contributed by atoms with van der Waals surface area (Å²) < 4.78 is 35.4. The monoisotopic (exact) mass is 196 g/mol. The number of nitrogens with one attached hydrogen (secondary N) is 1. The van der Waals surface area contributed by atoms with Crippen molar-refractivity contribution in [2.75, 3.05) is 6.54 Å². The Kier molecular flexibility index (Phi) is 2.51. The van der Waals surface area contributed by atoms with E-state index >= 15 is 0 Å². The summed E-state index contributed by atoms with van der Waals surface area (Å²) >= 11 is 0. The first-order valence-electron chi connectivity index (χ1n) is 3.97. The minimum Gasteiger partial charge on any atom is -0.368 e. The molecule has 0 spiro atoms. The first-order chi connectivity index (χ1) is 5.86. The van der Waals surface area contributed by atoms with Crippen LogP contribution >= 0.6 is 0 Å². The number of rotatable bonds is 3. The molecule has 3 nitrogen and oxygen atoms in total. The highest BCUT2D eigenvalue weighted by molar-refractivity contribution is 5.85. The Morgan fingerprint density at radius 1 is 1.46 bits per heavy atom. The lowest BCUT2D eigenvalue weighted by molar-refractivity contribution is -0.140. The van der Waals surface area contributed by atoms with Crippen LogP contribution in [0.1, 0.15) is 19.3 Å². The van der Waals surface area contributed by atoms with Crippen LogP contribution in [-0.2, 0) is 4.79 Å². The van der Waals surface area contributed by atoms with Gasteiger partial charge in [0, 0.05) is 0 Å². The Morgan fingerprint density at radius 2 is 2.00 bits per heavy atom. The van der Waals surface area contributed by atoms with Gasteiger partial charge in [0.1, 0.15) is 0 Å². The zero-order valence-electron chi connectivity index (χ0n) is 6.95. The molecule has 1 rings (SSSR count). The van der Waals surface area contributed by atoms with Crippen LogP contribution in [0.2, 0.25) is 0 Å². The van der Waals surface area contributed by atoms with Crippen LogP contribution in [0.15, 0.2) is 0 Å². The van der Waals surface area contributed by atoms with Gasteiger partial charge in [0.25, 0.3) is 0 Å². The fraction of sp³-hybridized carbons (Fsp3) is 0.857. The van der Waals surface area contributed by atoms with E-state index in [1.165, 1.54) is 0 Å². The fourth-order valence-electron chi connectivity index (χ4n) is 1.31. The van der Waals surface area contributed by atoms with Crippen LogP contribution < -0.4 is 11.1 Å². The SMILES string of the molecule is NC(=O)C1(NCC(F)(F)F)CCC1. The molecule has 1 fully saturated rings. The van der Waals surface area contributed by atoms with Gasteiger partial charge in [0.2, 0.25) is 5.91 Å². The molecular weight excluding hydrogens is 185 g/mol. The Morgan fingerprint density at radius 3 is 2.23 bits per heavy atom. The first-order valence-corrected chi connectivity index (χ1v) is 3.97. The predicted octanol–water partition coefficient (Wildman–Crippen LogP) is 0.546. The molecule has 0 aromatic carbocycles. The summed E-state index contributed by atoms with van der Waals surface area (Å²) in [6.07, 6.45) is -2.75. The first kappa shape index (κ1) is 10.3. The van der Waals surface area contributed by atoms with Crippen molar-refractivity contribution in [3.8, 4) is 0 Å². The van der Waals surface area contributed by atoms with Crippen molar-refractivity contribution in [1.29, 1.82) is 0 Å². The van der Waals surface area contributed by atoms with Crippen molar-refractivity contribution >= 4 is 5.91 Å². The maximum Gasteiger partial charge on any atom is 0.401 e. The predicted molar refractivity (Wildman–Crippen MR) is 39.8 cm³/mol. The second-order valence-electron chi connectivity index (χ2n) is 3.27. The van der Waals surface area contributed by atoms with Crippen LogP contribution in [0.3, 0.4) is 0 Å². The van der Waals surface area contributed by atoms with Crippen LogP contribution in [0.25, 0.3) is 0 Å². The van der Waals surface area contributed by atoms with Crippen molar-refractivity contribution in [1.82, 2.24) is 5.32 Å². The highest BCUT2D eigenvalue weighted by Gasteiger charge is 2.44. The van der Waals surface area contributed by atoms with Gasteiger partial charge < -0.3 is 5.73 Å². The molecule has 13 heavy (non-hydrogen) atoms. The lowest BCUT2D eigenvalue weighted by atomic mass is 9.76. The van der Waals surface area contributed by atoms with E-state index in [2.05, 4.69) is 5.32 Å². The van der Waals surface area contributed by atoms with Crippen LogP contribution in [0.5, 0.6) is 0 Å². The summed E-state index contributed by atoms with van der Waals surface area (Å²) in [5.74, 6) is -0.692. The molecule has 1 aliphatic rings. The van der Waals surface area contributed by atoms with Crippen molar-refractivity contribution in [2.45, 2.75) is 31.0 Å². The zero-order valence-corrected chi connectivity index (χ0v) is 6.95. The summed E-state index contributed by atoms with van der Waals surface area (Å²) in [7, 11) is 0. The summed E-state index contributed by atoms with van der Waals surface area (Å²) in [4.78, 5) is 10.8. The van der Waals surface area contributed by atoms with E-state index in [1.54, 1.807) is 0 Å². The summed E-state index contributed by atoms with van der Waals surface area (Å²) in [5, 5.41) is 2.17. The average molecular weight is 196 g/mol. The van der Waals surface area contributed by atoms with Gasteiger partial charge in [-0.2, -0.15) is 13.2 Å². The van der Waals surface area contributed by atoms with Crippen LogP contribution in [-0.4, -0.2) is 24.2 Å². The maximum atomic E-state index is 11.8. The lowest BCUT2D eigenvalue weighted by Crippen LogP contribution is -2.61. The Hall–Kier alpha value is -0.780. The Labute approximate surface area is 73.5 Å². The maximum absolute atomic E-state index is 11.8. The quantitative estimate of drug-likeness (QED) is 0.692. The van der Waals surface area contributed by atoms with Crippen LogP contribution in [0, 0.1) is 0 Å². The standard InChI is InChI=1S/C7H11F3N2O/c8-7(9,10)4-12-6(5(11)13)2-1-3-6/h12H,1-4H2,(H2,11,13). The molecule has 0 bridgehead atoms. The molecular formula is C7H11F3N2O. The number of hydrogen-bond donors (Lipinski definition) is 2. The molecule has 76 valence electrons. The van der Waals surface area contributed by atoms with E-state index < -0.39 is 24.2 Å².